The van der Waals surface area contributed by atoms with E-state index in [0.29, 0.717) is 11.1 Å². The fraction of sp³-hybridized carbons (Fsp3) is 0.217. The van der Waals surface area contributed by atoms with Gasteiger partial charge in [0.15, 0.2) is 0 Å². The first-order valence-electron chi connectivity index (χ1n) is 9.74. The fourth-order valence-electron chi connectivity index (χ4n) is 3.20. The zero-order valence-corrected chi connectivity index (χ0v) is 18.1. The standard InChI is InChI=1S/C23H23N3O4S/c1-3-30-26(2)23(27)22(14-17-8-10-18(16-24)11-9-17)25-31(28,29)21-13-12-19-6-4-5-7-20(19)15-21/h4-13,15,22,25H,3,14H2,1-2H3/t22-/m0/s1. The molecule has 31 heavy (non-hydrogen) atoms. The second kappa shape index (κ2) is 9.71. The molecular weight excluding hydrogens is 414 g/mol. The maximum Gasteiger partial charge on any atom is 0.264 e. The zero-order valence-electron chi connectivity index (χ0n) is 17.3. The summed E-state index contributed by atoms with van der Waals surface area (Å²) >= 11 is 0. The lowest BCUT2D eigenvalue weighted by molar-refractivity contribution is -0.178. The molecule has 160 valence electrons. The van der Waals surface area contributed by atoms with E-state index in [4.69, 9.17) is 10.1 Å². The second-order valence-electron chi connectivity index (χ2n) is 6.95. The number of nitrogens with zero attached hydrogens (tertiary/aromatic N) is 2. The van der Waals surface area contributed by atoms with Crippen LogP contribution in [0, 0.1) is 11.3 Å². The average Bonchev–Trinajstić information content (AvgIpc) is 2.78. The molecule has 0 saturated heterocycles. The van der Waals surface area contributed by atoms with E-state index in [9.17, 15) is 13.2 Å². The Hall–Kier alpha value is -3.25. The van der Waals surface area contributed by atoms with E-state index in [2.05, 4.69) is 4.72 Å². The average molecular weight is 438 g/mol. The van der Waals surface area contributed by atoms with Gasteiger partial charge < -0.3 is 0 Å². The summed E-state index contributed by atoms with van der Waals surface area (Å²) in [7, 11) is -2.54. The third kappa shape index (κ3) is 5.47. The molecule has 0 spiro atoms. The topological polar surface area (TPSA) is 99.5 Å². The van der Waals surface area contributed by atoms with Gasteiger partial charge in [-0.1, -0.05) is 42.5 Å². The van der Waals surface area contributed by atoms with Crippen LogP contribution in [-0.2, 0) is 26.1 Å². The normalized spacial score (nSPS) is 12.3. The molecule has 1 N–H and O–H groups in total. The molecular formula is C23H23N3O4S. The van der Waals surface area contributed by atoms with E-state index in [1.54, 1.807) is 43.3 Å². The highest BCUT2D eigenvalue weighted by molar-refractivity contribution is 7.89. The van der Waals surface area contributed by atoms with Gasteiger partial charge in [0.25, 0.3) is 5.91 Å². The highest BCUT2D eigenvalue weighted by Gasteiger charge is 2.29. The maximum atomic E-state index is 13.1. The third-order valence-electron chi connectivity index (χ3n) is 4.78. The SMILES string of the molecule is CCON(C)C(=O)[C@H](Cc1ccc(C#N)cc1)NS(=O)(=O)c1ccc2ccccc2c1. The van der Waals surface area contributed by atoms with Gasteiger partial charge in [0.05, 0.1) is 23.1 Å². The van der Waals surface area contributed by atoms with Crippen molar-refractivity contribution in [2.75, 3.05) is 13.7 Å². The molecule has 1 atom stereocenters. The first kappa shape index (κ1) is 22.4. The number of nitrogens with one attached hydrogen (secondary N) is 1. The van der Waals surface area contributed by atoms with Crippen molar-refractivity contribution in [3.8, 4) is 6.07 Å². The monoisotopic (exact) mass is 437 g/mol. The number of hydrogen-bond donors (Lipinski definition) is 1. The van der Waals surface area contributed by atoms with Crippen LogP contribution in [0.2, 0.25) is 0 Å². The minimum absolute atomic E-state index is 0.0721. The molecule has 0 heterocycles. The summed E-state index contributed by atoms with van der Waals surface area (Å²) < 4.78 is 28.7. The molecule has 0 aliphatic heterocycles. The summed E-state index contributed by atoms with van der Waals surface area (Å²) in [6.45, 7) is 2.00. The van der Waals surface area contributed by atoms with Crippen molar-refractivity contribution < 1.29 is 18.0 Å². The van der Waals surface area contributed by atoms with E-state index < -0.39 is 22.0 Å². The highest BCUT2D eigenvalue weighted by Crippen LogP contribution is 2.20. The van der Waals surface area contributed by atoms with Crippen molar-refractivity contribution in [1.29, 1.82) is 5.26 Å². The summed E-state index contributed by atoms with van der Waals surface area (Å²) in [5, 5.41) is 11.7. The van der Waals surface area contributed by atoms with Crippen molar-refractivity contribution in [1.82, 2.24) is 9.79 Å². The lowest BCUT2D eigenvalue weighted by Gasteiger charge is -2.23. The minimum Gasteiger partial charge on any atom is -0.271 e. The number of benzene rings is 3. The van der Waals surface area contributed by atoms with Crippen LogP contribution >= 0.6 is 0 Å². The third-order valence-corrected chi connectivity index (χ3v) is 6.25. The zero-order chi connectivity index (χ0) is 22.4. The first-order chi connectivity index (χ1) is 14.8. The van der Waals surface area contributed by atoms with E-state index in [0.717, 1.165) is 15.8 Å². The summed E-state index contributed by atoms with van der Waals surface area (Å²) in [5.74, 6) is -0.518. The molecule has 8 heteroatoms. The van der Waals surface area contributed by atoms with Gasteiger partial charge in [-0.05, 0) is 53.9 Å². The molecule has 0 aromatic heterocycles. The van der Waals surface area contributed by atoms with Crippen molar-refractivity contribution >= 4 is 26.7 Å². The summed E-state index contributed by atoms with van der Waals surface area (Å²) in [6.07, 6.45) is 0.106. The van der Waals surface area contributed by atoms with E-state index in [1.165, 1.54) is 13.1 Å². The van der Waals surface area contributed by atoms with Gasteiger partial charge in [-0.15, -0.1) is 0 Å². The Balaban J connectivity index is 1.91. The van der Waals surface area contributed by atoms with Crippen molar-refractivity contribution in [2.45, 2.75) is 24.3 Å². The number of nitriles is 1. The summed E-state index contributed by atoms with van der Waals surface area (Å²) in [5.41, 5.74) is 1.19. The van der Waals surface area contributed by atoms with Crippen LogP contribution in [-0.4, -0.2) is 39.1 Å². The molecule has 0 bridgehead atoms. The first-order valence-corrected chi connectivity index (χ1v) is 11.2. The van der Waals surface area contributed by atoms with E-state index >= 15 is 0 Å². The van der Waals surface area contributed by atoms with Crippen molar-refractivity contribution in [2.24, 2.45) is 0 Å². The molecule has 3 aromatic carbocycles. The maximum absolute atomic E-state index is 13.1. The Morgan fingerprint density at radius 3 is 2.42 bits per heavy atom. The van der Waals surface area contributed by atoms with E-state index in [-0.39, 0.29) is 17.9 Å². The molecule has 0 saturated carbocycles. The number of hydroxylamine groups is 2. The molecule has 0 unspecified atom stereocenters. The van der Waals surface area contributed by atoms with Gasteiger partial charge in [0.2, 0.25) is 10.0 Å². The van der Waals surface area contributed by atoms with Crippen LogP contribution in [0.1, 0.15) is 18.1 Å². The van der Waals surface area contributed by atoms with Gasteiger partial charge in [0.1, 0.15) is 6.04 Å². The number of rotatable bonds is 8. The summed E-state index contributed by atoms with van der Waals surface area (Å²) in [6, 6.07) is 19.9. The fourth-order valence-corrected chi connectivity index (χ4v) is 4.42. The predicted octanol–water partition coefficient (Wildman–Crippen LogP) is 3.01. The number of carbonyl (C=O) groups excluding carboxylic acids is 1. The van der Waals surface area contributed by atoms with E-state index in [1.807, 2.05) is 30.3 Å². The van der Waals surface area contributed by atoms with Crippen LogP contribution in [0.5, 0.6) is 0 Å². The Bertz CT molecular complexity index is 1220. The van der Waals surface area contributed by atoms with Gasteiger partial charge in [-0.25, -0.2) is 13.5 Å². The predicted molar refractivity (Wildman–Crippen MR) is 117 cm³/mol. The van der Waals surface area contributed by atoms with Gasteiger partial charge in [-0.3, -0.25) is 9.63 Å². The molecule has 3 rings (SSSR count). The number of fused-ring (bicyclic) bond motifs is 1. The number of likely N-dealkylation sites (N-methyl/N-ethyl adjacent to an activating group) is 1. The van der Waals surface area contributed by atoms with Crippen molar-refractivity contribution in [3.63, 3.8) is 0 Å². The Labute approximate surface area is 181 Å². The van der Waals surface area contributed by atoms with Crippen molar-refractivity contribution in [3.05, 3.63) is 77.9 Å². The second-order valence-corrected chi connectivity index (χ2v) is 8.66. The molecule has 0 aliphatic carbocycles. The van der Waals surface area contributed by atoms with Crippen LogP contribution in [0.3, 0.4) is 0 Å². The molecule has 0 aliphatic rings. The largest absolute Gasteiger partial charge is 0.271 e. The minimum atomic E-state index is -3.98. The molecule has 0 fully saturated rings. The Morgan fingerprint density at radius 1 is 1.10 bits per heavy atom. The molecule has 7 nitrogen and oxygen atoms in total. The van der Waals surface area contributed by atoms with Crippen LogP contribution in [0.25, 0.3) is 10.8 Å². The number of carbonyl (C=O) groups is 1. The molecule has 0 radical (unpaired) electrons. The Morgan fingerprint density at radius 2 is 1.77 bits per heavy atom. The van der Waals surface area contributed by atoms with Crippen LogP contribution in [0.4, 0.5) is 0 Å². The number of hydrogen-bond acceptors (Lipinski definition) is 5. The van der Waals surface area contributed by atoms with Gasteiger partial charge >= 0.3 is 0 Å². The molecule has 1 amide bonds. The Kier molecular flexibility index (Phi) is 7.02. The van der Waals surface area contributed by atoms with Crippen LogP contribution < -0.4 is 4.72 Å². The number of sulfonamides is 1. The lowest BCUT2D eigenvalue weighted by atomic mass is 10.0. The smallest absolute Gasteiger partial charge is 0.264 e. The van der Waals surface area contributed by atoms with Gasteiger partial charge in [-0.2, -0.15) is 9.98 Å². The lowest BCUT2D eigenvalue weighted by Crippen LogP contribution is -2.48. The number of amides is 1. The highest BCUT2D eigenvalue weighted by atomic mass is 32.2. The molecule has 3 aromatic rings. The van der Waals surface area contributed by atoms with Gasteiger partial charge in [0, 0.05) is 7.05 Å². The quantitative estimate of drug-likeness (QED) is 0.546. The summed E-state index contributed by atoms with van der Waals surface area (Å²) in [4.78, 5) is 18.2. The van der Waals surface area contributed by atoms with Crippen LogP contribution in [0.15, 0.2) is 71.6 Å².